The van der Waals surface area contributed by atoms with Crippen molar-refractivity contribution in [2.45, 2.75) is 13.5 Å². The van der Waals surface area contributed by atoms with Gasteiger partial charge in [0, 0.05) is 12.6 Å². The van der Waals surface area contributed by atoms with Crippen LogP contribution in [0.2, 0.25) is 0 Å². The molecule has 0 bridgehead atoms. The normalized spacial score (nSPS) is 10.3. The minimum atomic E-state index is 0.401. The summed E-state index contributed by atoms with van der Waals surface area (Å²) >= 11 is 0. The standard InChI is InChI=1S/C11H13N3O2/c1-9-7-11(13-15-9)16-14-12-8-10-5-3-2-4-6-10/h2-7,12,14H,8H2,1H3. The van der Waals surface area contributed by atoms with Gasteiger partial charge in [-0.3, -0.25) is 0 Å². The second kappa shape index (κ2) is 5.29. The van der Waals surface area contributed by atoms with Gasteiger partial charge in [0.05, 0.1) is 0 Å². The first-order valence-electron chi connectivity index (χ1n) is 4.96. The van der Waals surface area contributed by atoms with Gasteiger partial charge in [0.2, 0.25) is 0 Å². The molecule has 5 heteroatoms. The monoisotopic (exact) mass is 219 g/mol. The predicted octanol–water partition coefficient (Wildman–Crippen LogP) is 1.57. The molecule has 5 nitrogen and oxygen atoms in total. The van der Waals surface area contributed by atoms with Gasteiger partial charge >= 0.3 is 0 Å². The number of aromatic nitrogens is 1. The second-order valence-electron chi connectivity index (χ2n) is 3.32. The molecular weight excluding hydrogens is 206 g/mol. The number of aryl methyl sites for hydroxylation is 1. The van der Waals surface area contributed by atoms with Crippen LogP contribution in [-0.4, -0.2) is 5.16 Å². The van der Waals surface area contributed by atoms with Gasteiger partial charge in [-0.05, 0) is 17.6 Å². The maximum atomic E-state index is 5.08. The minimum Gasteiger partial charge on any atom is -0.370 e. The van der Waals surface area contributed by atoms with Crippen LogP contribution in [0.25, 0.3) is 0 Å². The average molecular weight is 219 g/mol. The van der Waals surface area contributed by atoms with Gasteiger partial charge in [-0.25, -0.2) is 5.43 Å². The summed E-state index contributed by atoms with van der Waals surface area (Å²) < 4.78 is 4.84. The third-order valence-corrected chi connectivity index (χ3v) is 1.97. The third kappa shape index (κ3) is 3.08. The number of rotatable bonds is 5. The molecule has 0 amide bonds. The molecule has 84 valence electrons. The lowest BCUT2D eigenvalue weighted by Gasteiger charge is -2.05. The van der Waals surface area contributed by atoms with Crippen molar-refractivity contribution in [1.82, 2.24) is 16.2 Å². The zero-order chi connectivity index (χ0) is 11.2. The second-order valence-corrected chi connectivity index (χ2v) is 3.32. The van der Waals surface area contributed by atoms with Gasteiger partial charge in [-0.2, -0.15) is 0 Å². The summed E-state index contributed by atoms with van der Waals surface area (Å²) in [6.07, 6.45) is 0. The fourth-order valence-corrected chi connectivity index (χ4v) is 1.21. The van der Waals surface area contributed by atoms with E-state index in [1.54, 1.807) is 13.0 Å². The minimum absolute atomic E-state index is 0.401. The number of benzene rings is 1. The van der Waals surface area contributed by atoms with Crippen LogP contribution in [0.3, 0.4) is 0 Å². The van der Waals surface area contributed by atoms with E-state index in [0.29, 0.717) is 18.2 Å². The Morgan fingerprint density at radius 2 is 2.12 bits per heavy atom. The zero-order valence-electron chi connectivity index (χ0n) is 8.93. The lowest BCUT2D eigenvalue weighted by Crippen LogP contribution is -2.34. The topological polar surface area (TPSA) is 59.3 Å². The molecule has 0 aliphatic rings. The van der Waals surface area contributed by atoms with Crippen LogP contribution in [0.1, 0.15) is 11.3 Å². The molecule has 0 spiro atoms. The van der Waals surface area contributed by atoms with Crippen LogP contribution < -0.4 is 15.9 Å². The molecule has 0 unspecified atom stereocenters. The molecule has 0 fully saturated rings. The van der Waals surface area contributed by atoms with Crippen molar-refractivity contribution in [3.63, 3.8) is 0 Å². The van der Waals surface area contributed by atoms with Crippen molar-refractivity contribution in [2.75, 3.05) is 0 Å². The molecule has 0 saturated carbocycles. The van der Waals surface area contributed by atoms with E-state index in [0.717, 1.165) is 5.56 Å². The molecule has 0 aliphatic heterocycles. The number of nitrogens with one attached hydrogen (secondary N) is 2. The van der Waals surface area contributed by atoms with Gasteiger partial charge in [0.15, 0.2) is 0 Å². The predicted molar refractivity (Wildman–Crippen MR) is 58.3 cm³/mol. The number of nitrogens with zero attached hydrogens (tertiary/aromatic N) is 1. The van der Waals surface area contributed by atoms with Gasteiger partial charge < -0.3 is 9.36 Å². The summed E-state index contributed by atoms with van der Waals surface area (Å²) in [6.45, 7) is 2.47. The van der Waals surface area contributed by atoms with Gasteiger partial charge in [-0.1, -0.05) is 35.9 Å². The van der Waals surface area contributed by atoms with Gasteiger partial charge in [0.25, 0.3) is 5.88 Å². The molecule has 0 atom stereocenters. The first-order chi connectivity index (χ1) is 7.84. The Hall–Kier alpha value is -1.85. The van der Waals surface area contributed by atoms with Crippen molar-refractivity contribution in [1.29, 1.82) is 0 Å². The lowest BCUT2D eigenvalue weighted by molar-refractivity contribution is 0.132. The third-order valence-electron chi connectivity index (χ3n) is 1.97. The maximum Gasteiger partial charge on any atom is 0.279 e. The SMILES string of the molecule is Cc1cc(ONNCc2ccccc2)no1. The van der Waals surface area contributed by atoms with Crippen LogP contribution in [0, 0.1) is 6.92 Å². The highest BCUT2D eigenvalue weighted by Gasteiger charge is 1.99. The lowest BCUT2D eigenvalue weighted by atomic mass is 10.2. The van der Waals surface area contributed by atoms with Crippen LogP contribution in [0.5, 0.6) is 5.88 Å². The highest BCUT2D eigenvalue weighted by Crippen LogP contribution is 2.07. The van der Waals surface area contributed by atoms with Crippen molar-refractivity contribution in [3.05, 3.63) is 47.7 Å². The molecule has 0 saturated heterocycles. The quantitative estimate of drug-likeness (QED) is 0.590. The van der Waals surface area contributed by atoms with E-state index in [-0.39, 0.29) is 0 Å². The molecule has 2 rings (SSSR count). The van der Waals surface area contributed by atoms with E-state index in [2.05, 4.69) is 16.2 Å². The van der Waals surface area contributed by atoms with E-state index < -0.39 is 0 Å². The Bertz CT molecular complexity index is 428. The molecule has 1 aromatic heterocycles. The van der Waals surface area contributed by atoms with E-state index in [1.165, 1.54) is 0 Å². The first-order valence-corrected chi connectivity index (χ1v) is 4.96. The summed E-state index contributed by atoms with van der Waals surface area (Å²) in [5, 5.41) is 3.66. The zero-order valence-corrected chi connectivity index (χ0v) is 8.93. The summed E-state index contributed by atoms with van der Waals surface area (Å²) in [5.74, 6) is 1.11. The van der Waals surface area contributed by atoms with Gasteiger partial charge in [-0.15, -0.1) is 0 Å². The molecule has 2 aromatic rings. The molecule has 1 heterocycles. The van der Waals surface area contributed by atoms with Crippen LogP contribution in [-0.2, 0) is 6.54 Å². The number of hydrazine groups is 1. The Balaban J connectivity index is 1.69. The van der Waals surface area contributed by atoms with E-state index in [9.17, 15) is 0 Å². The fraction of sp³-hybridized carbons (Fsp3) is 0.182. The van der Waals surface area contributed by atoms with Crippen molar-refractivity contribution in [3.8, 4) is 5.88 Å². The molecule has 0 aliphatic carbocycles. The molecule has 0 radical (unpaired) electrons. The molecule has 16 heavy (non-hydrogen) atoms. The maximum absolute atomic E-state index is 5.08. The van der Waals surface area contributed by atoms with Gasteiger partial charge in [0.1, 0.15) is 5.76 Å². The molecular formula is C11H13N3O2. The van der Waals surface area contributed by atoms with E-state index in [1.807, 2.05) is 30.3 Å². The summed E-state index contributed by atoms with van der Waals surface area (Å²) in [6, 6.07) is 11.7. The highest BCUT2D eigenvalue weighted by molar-refractivity contribution is 5.14. The first kappa shape index (κ1) is 10.7. The molecule has 1 aromatic carbocycles. The van der Waals surface area contributed by atoms with Crippen molar-refractivity contribution >= 4 is 0 Å². The van der Waals surface area contributed by atoms with E-state index in [4.69, 9.17) is 9.36 Å². The van der Waals surface area contributed by atoms with Crippen LogP contribution in [0.4, 0.5) is 0 Å². The van der Waals surface area contributed by atoms with E-state index >= 15 is 0 Å². The van der Waals surface area contributed by atoms with Crippen molar-refractivity contribution < 1.29 is 9.36 Å². The summed E-state index contributed by atoms with van der Waals surface area (Å²) in [7, 11) is 0. The Labute approximate surface area is 93.3 Å². The Morgan fingerprint density at radius 3 is 2.81 bits per heavy atom. The fourth-order valence-electron chi connectivity index (χ4n) is 1.21. The van der Waals surface area contributed by atoms with Crippen molar-refractivity contribution in [2.24, 2.45) is 0 Å². The number of hydrogen-bond donors (Lipinski definition) is 2. The number of hydrogen-bond acceptors (Lipinski definition) is 5. The molecule has 2 N–H and O–H groups in total. The highest BCUT2D eigenvalue weighted by atomic mass is 16.7. The Morgan fingerprint density at radius 1 is 1.31 bits per heavy atom. The smallest absolute Gasteiger partial charge is 0.279 e. The average Bonchev–Trinajstić information content (AvgIpc) is 2.72. The largest absolute Gasteiger partial charge is 0.370 e. The summed E-state index contributed by atoms with van der Waals surface area (Å²) in [5.41, 5.74) is 6.66. The Kier molecular flexibility index (Phi) is 3.53. The summed E-state index contributed by atoms with van der Waals surface area (Å²) in [4.78, 5) is 5.08. The van der Waals surface area contributed by atoms with Crippen LogP contribution in [0.15, 0.2) is 40.9 Å². The van der Waals surface area contributed by atoms with Crippen LogP contribution >= 0.6 is 0 Å².